The molecule has 0 atom stereocenters. The van der Waals surface area contributed by atoms with E-state index in [0.29, 0.717) is 18.2 Å². The summed E-state index contributed by atoms with van der Waals surface area (Å²) in [6.45, 7) is 1.58. The third-order valence-corrected chi connectivity index (χ3v) is 2.40. The number of nitrogens with zero attached hydrogens (tertiary/aromatic N) is 3. The molecule has 1 aromatic heterocycles. The summed E-state index contributed by atoms with van der Waals surface area (Å²) in [7, 11) is 5.70. The van der Waals surface area contributed by atoms with Crippen LogP contribution in [0.15, 0.2) is 12.1 Å². The van der Waals surface area contributed by atoms with Gasteiger partial charge in [0.05, 0.1) is 4.92 Å². The number of aromatic nitrogens is 1. The van der Waals surface area contributed by atoms with Crippen LogP contribution in [0.4, 0.5) is 17.3 Å². The molecular weight excluding hydrogens is 234 g/mol. The molecule has 0 aromatic carbocycles. The molecule has 7 nitrogen and oxygen atoms in total. The van der Waals surface area contributed by atoms with E-state index < -0.39 is 4.92 Å². The van der Waals surface area contributed by atoms with Crippen molar-refractivity contribution in [2.24, 2.45) is 0 Å². The molecule has 0 fully saturated rings. The predicted molar refractivity (Wildman–Crippen MR) is 72.1 cm³/mol. The van der Waals surface area contributed by atoms with Gasteiger partial charge in [0.25, 0.3) is 0 Å². The van der Waals surface area contributed by atoms with Crippen LogP contribution in [0, 0.1) is 10.1 Å². The summed E-state index contributed by atoms with van der Waals surface area (Å²) in [5.41, 5.74) is -0.00106. The van der Waals surface area contributed by atoms with Crippen LogP contribution < -0.4 is 10.6 Å². The van der Waals surface area contributed by atoms with E-state index in [2.05, 4.69) is 20.5 Å². The van der Waals surface area contributed by atoms with Gasteiger partial charge in [-0.25, -0.2) is 4.98 Å². The minimum atomic E-state index is -0.430. The molecule has 0 aliphatic rings. The number of rotatable bonds is 7. The van der Waals surface area contributed by atoms with Crippen molar-refractivity contribution in [3.8, 4) is 0 Å². The molecule has 18 heavy (non-hydrogen) atoms. The Kier molecular flexibility index (Phi) is 5.31. The molecule has 1 rings (SSSR count). The maximum absolute atomic E-state index is 10.9. The first-order chi connectivity index (χ1) is 8.54. The number of nitro groups is 1. The summed E-state index contributed by atoms with van der Waals surface area (Å²) in [5.74, 6) is 0.918. The number of hydrogen-bond acceptors (Lipinski definition) is 6. The van der Waals surface area contributed by atoms with Gasteiger partial charge in [0.1, 0.15) is 5.82 Å². The first kappa shape index (κ1) is 14.2. The topological polar surface area (TPSA) is 83.3 Å². The highest BCUT2D eigenvalue weighted by Crippen LogP contribution is 2.23. The molecule has 0 spiro atoms. The highest BCUT2D eigenvalue weighted by atomic mass is 16.6. The van der Waals surface area contributed by atoms with Crippen LogP contribution in [0.5, 0.6) is 0 Å². The van der Waals surface area contributed by atoms with Crippen LogP contribution in [-0.2, 0) is 0 Å². The van der Waals surface area contributed by atoms with Gasteiger partial charge in [-0.2, -0.15) is 0 Å². The second kappa shape index (κ2) is 6.75. The van der Waals surface area contributed by atoms with Crippen LogP contribution in [0.2, 0.25) is 0 Å². The fourth-order valence-electron chi connectivity index (χ4n) is 1.47. The molecule has 0 aliphatic carbocycles. The predicted octanol–water partition coefficient (Wildman–Crippen LogP) is 1.40. The molecule has 2 N–H and O–H groups in total. The summed E-state index contributed by atoms with van der Waals surface area (Å²) in [5, 5.41) is 16.7. The molecule has 0 unspecified atom stereocenters. The molecule has 7 heteroatoms. The number of nitrogens with one attached hydrogen (secondary N) is 2. The average Bonchev–Trinajstić information content (AvgIpc) is 2.33. The molecule has 0 amide bonds. The lowest BCUT2D eigenvalue weighted by Crippen LogP contribution is -2.17. The summed E-state index contributed by atoms with van der Waals surface area (Å²) in [6, 6.07) is 3.04. The van der Waals surface area contributed by atoms with Gasteiger partial charge in [0.15, 0.2) is 0 Å². The molecule has 0 saturated heterocycles. The lowest BCUT2D eigenvalue weighted by Gasteiger charge is -2.11. The largest absolute Gasteiger partial charge is 0.373 e. The summed E-state index contributed by atoms with van der Waals surface area (Å²) >= 11 is 0. The Hall–Kier alpha value is -1.89. The molecule has 0 radical (unpaired) electrons. The number of hydrogen-bond donors (Lipinski definition) is 2. The van der Waals surface area contributed by atoms with Crippen LogP contribution in [0.1, 0.15) is 6.42 Å². The van der Waals surface area contributed by atoms with E-state index in [1.165, 1.54) is 6.07 Å². The van der Waals surface area contributed by atoms with Crippen molar-refractivity contribution < 1.29 is 4.92 Å². The maximum atomic E-state index is 10.9. The molecule has 1 heterocycles. The zero-order chi connectivity index (χ0) is 13.5. The van der Waals surface area contributed by atoms with Crippen molar-refractivity contribution in [1.82, 2.24) is 9.88 Å². The molecule has 0 aliphatic heterocycles. The highest BCUT2D eigenvalue weighted by Gasteiger charge is 2.15. The van der Waals surface area contributed by atoms with E-state index >= 15 is 0 Å². The van der Waals surface area contributed by atoms with Gasteiger partial charge in [0.2, 0.25) is 5.82 Å². The number of anilines is 2. The summed E-state index contributed by atoms with van der Waals surface area (Å²) in [6.07, 6.45) is 0.898. The van der Waals surface area contributed by atoms with Gasteiger partial charge >= 0.3 is 5.69 Å². The Morgan fingerprint density at radius 2 is 2.17 bits per heavy atom. The van der Waals surface area contributed by atoms with Gasteiger partial charge in [-0.3, -0.25) is 10.1 Å². The molecule has 0 saturated carbocycles. The minimum absolute atomic E-state index is 0.00106. The van der Waals surface area contributed by atoms with Crippen molar-refractivity contribution in [1.29, 1.82) is 0 Å². The monoisotopic (exact) mass is 253 g/mol. The quantitative estimate of drug-likeness (QED) is 0.434. The van der Waals surface area contributed by atoms with E-state index in [1.54, 1.807) is 13.1 Å². The van der Waals surface area contributed by atoms with Gasteiger partial charge in [-0.1, -0.05) is 0 Å². The second-order valence-corrected chi connectivity index (χ2v) is 4.15. The third kappa shape index (κ3) is 4.17. The van der Waals surface area contributed by atoms with Crippen molar-refractivity contribution in [3.63, 3.8) is 0 Å². The van der Waals surface area contributed by atoms with Crippen LogP contribution in [0.25, 0.3) is 0 Å². The molecular formula is C11H19N5O2. The van der Waals surface area contributed by atoms with Crippen molar-refractivity contribution in [3.05, 3.63) is 22.2 Å². The highest BCUT2D eigenvalue weighted by molar-refractivity contribution is 5.60. The van der Waals surface area contributed by atoms with Crippen molar-refractivity contribution in [2.75, 3.05) is 44.9 Å². The average molecular weight is 253 g/mol. The first-order valence-electron chi connectivity index (χ1n) is 5.76. The SMILES string of the molecule is CNc1ccc([N+](=O)[O-])c(NCCCN(C)C)n1. The van der Waals surface area contributed by atoms with Crippen LogP contribution >= 0.6 is 0 Å². The van der Waals surface area contributed by atoms with Gasteiger partial charge in [-0.15, -0.1) is 0 Å². The van der Waals surface area contributed by atoms with Crippen LogP contribution in [-0.4, -0.2) is 49.0 Å². The Morgan fingerprint density at radius 1 is 1.44 bits per heavy atom. The van der Waals surface area contributed by atoms with E-state index in [0.717, 1.165) is 13.0 Å². The Bertz CT molecular complexity index is 408. The first-order valence-corrected chi connectivity index (χ1v) is 5.76. The van der Waals surface area contributed by atoms with Gasteiger partial charge < -0.3 is 15.5 Å². The molecule has 1 aromatic rings. The second-order valence-electron chi connectivity index (χ2n) is 4.15. The van der Waals surface area contributed by atoms with E-state index in [9.17, 15) is 10.1 Å². The van der Waals surface area contributed by atoms with Crippen molar-refractivity contribution >= 4 is 17.3 Å². The maximum Gasteiger partial charge on any atom is 0.311 e. The van der Waals surface area contributed by atoms with E-state index in [1.807, 2.05) is 14.1 Å². The fraction of sp³-hybridized carbons (Fsp3) is 0.545. The molecule has 100 valence electrons. The summed E-state index contributed by atoms with van der Waals surface area (Å²) in [4.78, 5) is 16.6. The smallest absolute Gasteiger partial charge is 0.311 e. The van der Waals surface area contributed by atoms with Crippen molar-refractivity contribution in [2.45, 2.75) is 6.42 Å². The minimum Gasteiger partial charge on any atom is -0.373 e. The zero-order valence-corrected chi connectivity index (χ0v) is 10.9. The summed E-state index contributed by atoms with van der Waals surface area (Å²) < 4.78 is 0. The van der Waals surface area contributed by atoms with Gasteiger partial charge in [0, 0.05) is 19.7 Å². The third-order valence-electron chi connectivity index (χ3n) is 2.40. The lowest BCUT2D eigenvalue weighted by molar-refractivity contribution is -0.384. The van der Waals surface area contributed by atoms with E-state index in [-0.39, 0.29) is 5.69 Å². The lowest BCUT2D eigenvalue weighted by atomic mass is 10.3. The number of pyridine rings is 1. The standard InChI is InChI=1S/C11H19N5O2/c1-12-10-6-5-9(16(17)18)11(14-10)13-7-4-8-15(2)3/h5-6H,4,7-8H2,1-3H3,(H2,12,13,14). The fourth-order valence-corrected chi connectivity index (χ4v) is 1.47. The van der Waals surface area contributed by atoms with Gasteiger partial charge in [-0.05, 0) is 33.1 Å². The normalized spacial score (nSPS) is 10.4. The Labute approximate surface area is 106 Å². The Balaban J connectivity index is 2.69. The molecule has 0 bridgehead atoms. The Morgan fingerprint density at radius 3 is 2.72 bits per heavy atom. The van der Waals surface area contributed by atoms with Crippen LogP contribution in [0.3, 0.4) is 0 Å². The zero-order valence-electron chi connectivity index (χ0n) is 10.9. The van der Waals surface area contributed by atoms with E-state index in [4.69, 9.17) is 0 Å².